The van der Waals surface area contributed by atoms with Gasteiger partial charge in [0.15, 0.2) is 0 Å². The summed E-state index contributed by atoms with van der Waals surface area (Å²) in [6.07, 6.45) is 3.32. The van der Waals surface area contributed by atoms with Gasteiger partial charge in [-0.25, -0.2) is 8.42 Å². The van der Waals surface area contributed by atoms with Crippen LogP contribution in [-0.2, 0) is 16.4 Å². The monoisotopic (exact) mass is 367 g/mol. The van der Waals surface area contributed by atoms with Crippen molar-refractivity contribution in [2.24, 2.45) is 5.92 Å². The van der Waals surface area contributed by atoms with Crippen molar-refractivity contribution < 1.29 is 12.8 Å². The summed E-state index contributed by atoms with van der Waals surface area (Å²) in [6.45, 7) is 2.47. The molecule has 24 heavy (non-hydrogen) atoms. The number of hydrogen-bond donors (Lipinski definition) is 0. The van der Waals surface area contributed by atoms with Gasteiger partial charge in [0.25, 0.3) is 0 Å². The number of likely N-dealkylation sites (tertiary alicyclic amines) is 1. The molecule has 0 radical (unpaired) electrons. The van der Waals surface area contributed by atoms with Crippen LogP contribution in [0.4, 0.5) is 0 Å². The van der Waals surface area contributed by atoms with E-state index in [0.717, 1.165) is 43.0 Å². The minimum absolute atomic E-state index is 0.215. The van der Waals surface area contributed by atoms with Crippen LogP contribution in [0.3, 0.4) is 0 Å². The quantitative estimate of drug-likeness (QED) is 0.805. The molecule has 2 aromatic rings. The minimum atomic E-state index is -2.92. The fraction of sp³-hybridized carbons (Fsp3) is 0.444. The molecule has 2 heterocycles. The Bertz CT molecular complexity index is 800. The number of hydrogen-bond acceptors (Lipinski definition) is 4. The number of sulfone groups is 1. The van der Waals surface area contributed by atoms with Crippen LogP contribution in [0.15, 0.2) is 40.8 Å². The topological polar surface area (TPSA) is 50.5 Å². The third-order valence-corrected chi connectivity index (χ3v) is 5.73. The molecule has 0 saturated carbocycles. The second kappa shape index (κ2) is 7.30. The summed E-state index contributed by atoms with van der Waals surface area (Å²) in [4.78, 5) is 2.27. The van der Waals surface area contributed by atoms with Crippen LogP contribution in [0.1, 0.15) is 18.6 Å². The van der Waals surface area contributed by atoms with Crippen LogP contribution in [0.2, 0.25) is 5.02 Å². The van der Waals surface area contributed by atoms with Gasteiger partial charge >= 0.3 is 0 Å². The van der Waals surface area contributed by atoms with Crippen molar-refractivity contribution in [2.45, 2.75) is 19.4 Å². The zero-order valence-corrected chi connectivity index (χ0v) is 15.3. The van der Waals surface area contributed by atoms with Crippen LogP contribution in [0, 0.1) is 5.92 Å². The molecule has 0 amide bonds. The Hall–Kier alpha value is -1.30. The Morgan fingerprint density at radius 2 is 2.04 bits per heavy atom. The van der Waals surface area contributed by atoms with E-state index in [1.807, 2.05) is 36.4 Å². The Morgan fingerprint density at radius 1 is 1.25 bits per heavy atom. The molecule has 6 heteroatoms. The molecule has 130 valence electrons. The first kappa shape index (κ1) is 17.5. The van der Waals surface area contributed by atoms with Crippen molar-refractivity contribution in [3.63, 3.8) is 0 Å². The highest BCUT2D eigenvalue weighted by Gasteiger charge is 2.24. The largest absolute Gasteiger partial charge is 0.460 e. The lowest BCUT2D eigenvalue weighted by Gasteiger charge is -2.31. The average Bonchev–Trinajstić information content (AvgIpc) is 2.94. The number of rotatable bonds is 5. The number of furan rings is 1. The third-order valence-electron chi connectivity index (χ3n) is 4.32. The first-order valence-electron chi connectivity index (χ1n) is 8.14. The predicted molar refractivity (Wildman–Crippen MR) is 96.9 cm³/mol. The van der Waals surface area contributed by atoms with Crippen molar-refractivity contribution in [3.8, 4) is 11.3 Å². The second-order valence-corrected chi connectivity index (χ2v) is 9.17. The van der Waals surface area contributed by atoms with E-state index in [1.165, 1.54) is 6.26 Å². The summed E-state index contributed by atoms with van der Waals surface area (Å²) in [7, 11) is -2.92. The Kier molecular flexibility index (Phi) is 5.33. The molecule has 1 aromatic carbocycles. The first-order chi connectivity index (χ1) is 11.4. The highest BCUT2D eigenvalue weighted by Crippen LogP contribution is 2.30. The average molecular weight is 368 g/mol. The molecule has 4 nitrogen and oxygen atoms in total. The Morgan fingerprint density at radius 3 is 2.79 bits per heavy atom. The number of benzene rings is 1. The molecular formula is C18H22ClNO3S. The lowest BCUT2D eigenvalue weighted by atomic mass is 10.00. The van der Waals surface area contributed by atoms with E-state index < -0.39 is 9.84 Å². The van der Waals surface area contributed by atoms with E-state index in [-0.39, 0.29) is 11.7 Å². The van der Waals surface area contributed by atoms with Crippen LogP contribution in [-0.4, -0.2) is 38.4 Å². The van der Waals surface area contributed by atoms with Crippen LogP contribution < -0.4 is 0 Å². The smallest absolute Gasteiger partial charge is 0.147 e. The number of nitrogens with zero attached hydrogens (tertiary/aromatic N) is 1. The second-order valence-electron chi connectivity index (χ2n) is 6.58. The van der Waals surface area contributed by atoms with E-state index in [4.69, 9.17) is 16.0 Å². The molecule has 1 fully saturated rings. The van der Waals surface area contributed by atoms with Gasteiger partial charge in [-0.05, 0) is 49.6 Å². The van der Waals surface area contributed by atoms with Crippen molar-refractivity contribution in [3.05, 3.63) is 47.2 Å². The molecule has 0 aliphatic carbocycles. The van der Waals surface area contributed by atoms with Crippen molar-refractivity contribution in [1.29, 1.82) is 0 Å². The molecule has 1 unspecified atom stereocenters. The SMILES string of the molecule is CS(=O)(=O)CC1CCCN(Cc2ccc(-c3ccccc3Cl)o2)C1. The molecule has 1 saturated heterocycles. The fourth-order valence-electron chi connectivity index (χ4n) is 3.35. The zero-order valence-electron chi connectivity index (χ0n) is 13.7. The van der Waals surface area contributed by atoms with Crippen molar-refractivity contribution in [1.82, 2.24) is 4.90 Å². The summed E-state index contributed by atoms with van der Waals surface area (Å²) >= 11 is 6.21. The van der Waals surface area contributed by atoms with Gasteiger partial charge in [0.1, 0.15) is 21.4 Å². The number of piperidine rings is 1. The summed E-state index contributed by atoms with van der Waals surface area (Å²) in [5, 5.41) is 0.671. The maximum absolute atomic E-state index is 11.5. The Balaban J connectivity index is 1.65. The first-order valence-corrected chi connectivity index (χ1v) is 10.6. The molecule has 0 bridgehead atoms. The van der Waals surface area contributed by atoms with Crippen LogP contribution in [0.25, 0.3) is 11.3 Å². The predicted octanol–water partition coefficient (Wildman–Crippen LogP) is 3.86. The maximum Gasteiger partial charge on any atom is 0.147 e. The highest BCUT2D eigenvalue weighted by atomic mass is 35.5. The lowest BCUT2D eigenvalue weighted by Crippen LogP contribution is -2.37. The number of halogens is 1. The molecular weight excluding hydrogens is 346 g/mol. The van der Waals surface area contributed by atoms with Gasteiger partial charge in [-0.15, -0.1) is 0 Å². The van der Waals surface area contributed by atoms with Gasteiger partial charge < -0.3 is 4.42 Å². The van der Waals surface area contributed by atoms with Crippen LogP contribution >= 0.6 is 11.6 Å². The van der Waals surface area contributed by atoms with Crippen molar-refractivity contribution in [2.75, 3.05) is 25.1 Å². The van der Waals surface area contributed by atoms with E-state index in [1.54, 1.807) is 0 Å². The summed E-state index contributed by atoms with van der Waals surface area (Å²) < 4.78 is 29.0. The molecule has 1 atom stereocenters. The Labute approximate surface area is 148 Å². The molecule has 1 aliphatic rings. The maximum atomic E-state index is 11.5. The third kappa shape index (κ3) is 4.62. The van der Waals surface area contributed by atoms with Gasteiger partial charge in [0, 0.05) is 18.4 Å². The minimum Gasteiger partial charge on any atom is -0.460 e. The fourth-order valence-corrected chi connectivity index (χ4v) is 4.71. The molecule has 0 spiro atoms. The summed E-state index contributed by atoms with van der Waals surface area (Å²) in [6, 6.07) is 11.5. The van der Waals surface area contributed by atoms with Crippen LogP contribution in [0.5, 0.6) is 0 Å². The normalized spacial score (nSPS) is 19.5. The summed E-state index contributed by atoms with van der Waals surface area (Å²) in [5.74, 6) is 2.13. The van der Waals surface area contributed by atoms with E-state index in [0.29, 0.717) is 11.6 Å². The van der Waals surface area contributed by atoms with Gasteiger partial charge in [0.2, 0.25) is 0 Å². The van der Waals surface area contributed by atoms with E-state index >= 15 is 0 Å². The molecule has 1 aliphatic heterocycles. The van der Waals surface area contributed by atoms with Gasteiger partial charge in [-0.1, -0.05) is 23.7 Å². The van der Waals surface area contributed by atoms with Gasteiger partial charge in [0.05, 0.1) is 17.3 Å². The van der Waals surface area contributed by atoms with Gasteiger partial charge in [-0.3, -0.25) is 4.90 Å². The van der Waals surface area contributed by atoms with Crippen molar-refractivity contribution >= 4 is 21.4 Å². The zero-order chi connectivity index (χ0) is 17.2. The lowest BCUT2D eigenvalue weighted by molar-refractivity contribution is 0.167. The van der Waals surface area contributed by atoms with Gasteiger partial charge in [-0.2, -0.15) is 0 Å². The molecule has 3 rings (SSSR count). The van der Waals surface area contributed by atoms with E-state index in [2.05, 4.69) is 4.90 Å². The molecule has 1 aromatic heterocycles. The highest BCUT2D eigenvalue weighted by molar-refractivity contribution is 7.90. The van der Waals surface area contributed by atoms with E-state index in [9.17, 15) is 8.42 Å². The standard InChI is InChI=1S/C18H22ClNO3S/c1-24(21,22)13-14-5-4-10-20(11-14)12-15-8-9-18(23-15)16-6-2-3-7-17(16)19/h2-3,6-9,14H,4-5,10-13H2,1H3. The summed E-state index contributed by atoms with van der Waals surface area (Å²) in [5.41, 5.74) is 0.888. The molecule has 0 N–H and O–H groups in total.